The molecule has 2 nitrogen and oxygen atoms in total. The van der Waals surface area contributed by atoms with Gasteiger partial charge in [-0.3, -0.25) is 0 Å². The van der Waals surface area contributed by atoms with Crippen molar-refractivity contribution in [3.8, 4) is 0 Å². The number of hydrogen-bond acceptors (Lipinski definition) is 2. The van der Waals surface area contributed by atoms with E-state index in [1.165, 1.54) is 11.3 Å². The summed E-state index contributed by atoms with van der Waals surface area (Å²) in [5.74, 6) is 0. The third-order valence-corrected chi connectivity index (χ3v) is 4.70. The lowest BCUT2D eigenvalue weighted by Gasteiger charge is -2.35. The van der Waals surface area contributed by atoms with Crippen LogP contribution in [0.3, 0.4) is 0 Å². The first-order valence-corrected chi connectivity index (χ1v) is 8.28. The molecule has 1 unspecified atom stereocenters. The summed E-state index contributed by atoms with van der Waals surface area (Å²) in [6.45, 7) is 5.42. The van der Waals surface area contributed by atoms with Gasteiger partial charge in [-0.15, -0.1) is 0 Å². The molecule has 1 heterocycles. The van der Waals surface area contributed by atoms with Gasteiger partial charge in [0, 0.05) is 23.2 Å². The Morgan fingerprint density at radius 2 is 1.90 bits per heavy atom. The molecule has 1 atom stereocenters. The van der Waals surface area contributed by atoms with Crippen molar-refractivity contribution < 1.29 is 0 Å². The summed E-state index contributed by atoms with van der Waals surface area (Å²) in [5.41, 5.74) is 2.63. The summed E-state index contributed by atoms with van der Waals surface area (Å²) in [6.07, 6.45) is 1.16. The van der Waals surface area contributed by atoms with Gasteiger partial charge < -0.3 is 10.2 Å². The number of nitrogens with zero attached hydrogens (tertiary/aromatic N) is 1. The van der Waals surface area contributed by atoms with Crippen LogP contribution >= 0.6 is 15.9 Å². The monoisotopic (exact) mass is 344 g/mol. The first-order valence-electron chi connectivity index (χ1n) is 7.48. The number of halogens is 1. The van der Waals surface area contributed by atoms with Gasteiger partial charge in [-0.05, 0) is 43.7 Å². The van der Waals surface area contributed by atoms with Crippen LogP contribution in [0.4, 0.5) is 5.69 Å². The summed E-state index contributed by atoms with van der Waals surface area (Å²) >= 11 is 3.58. The molecule has 3 heteroatoms. The van der Waals surface area contributed by atoms with Crippen LogP contribution < -0.4 is 10.2 Å². The Kier molecular flexibility index (Phi) is 4.32. The topological polar surface area (TPSA) is 15.3 Å². The predicted molar refractivity (Wildman–Crippen MR) is 92.8 cm³/mol. The second-order valence-corrected chi connectivity index (χ2v) is 6.80. The second kappa shape index (κ2) is 6.20. The third-order valence-electron chi connectivity index (χ3n) is 4.21. The van der Waals surface area contributed by atoms with Crippen molar-refractivity contribution in [1.29, 1.82) is 0 Å². The second-order valence-electron chi connectivity index (χ2n) is 5.88. The number of nitrogens with one attached hydrogen (secondary N) is 1. The van der Waals surface area contributed by atoms with E-state index in [2.05, 4.69) is 87.7 Å². The minimum absolute atomic E-state index is 0.0138. The van der Waals surface area contributed by atoms with Crippen LogP contribution in [0.1, 0.15) is 18.9 Å². The highest BCUT2D eigenvalue weighted by Gasteiger charge is 2.30. The summed E-state index contributed by atoms with van der Waals surface area (Å²) in [6, 6.07) is 19.4. The molecule has 0 saturated carbocycles. The van der Waals surface area contributed by atoms with Gasteiger partial charge in [0.15, 0.2) is 0 Å². The van der Waals surface area contributed by atoms with Gasteiger partial charge in [0.05, 0.1) is 5.54 Å². The Bertz CT molecular complexity index is 599. The minimum Gasteiger partial charge on any atom is -0.369 e. The maximum atomic E-state index is 3.74. The molecule has 2 aromatic rings. The van der Waals surface area contributed by atoms with Crippen molar-refractivity contribution in [1.82, 2.24) is 5.32 Å². The molecule has 110 valence electrons. The fourth-order valence-electron chi connectivity index (χ4n) is 3.04. The fourth-order valence-corrected chi connectivity index (χ4v) is 3.43. The van der Waals surface area contributed by atoms with Crippen LogP contribution in [0.5, 0.6) is 0 Å². The summed E-state index contributed by atoms with van der Waals surface area (Å²) in [4.78, 5) is 2.48. The van der Waals surface area contributed by atoms with Crippen LogP contribution in [0.2, 0.25) is 0 Å². The number of benzene rings is 2. The number of hydrogen-bond donors (Lipinski definition) is 1. The normalized spacial score (nSPS) is 22.9. The van der Waals surface area contributed by atoms with E-state index < -0.39 is 0 Å². The molecular formula is C18H21BrN2. The van der Waals surface area contributed by atoms with Gasteiger partial charge in [0.2, 0.25) is 0 Å². The molecule has 1 fully saturated rings. The zero-order chi connectivity index (χ0) is 14.7. The van der Waals surface area contributed by atoms with Gasteiger partial charge in [-0.2, -0.15) is 0 Å². The molecule has 1 saturated heterocycles. The van der Waals surface area contributed by atoms with Crippen molar-refractivity contribution in [2.24, 2.45) is 0 Å². The smallest absolute Gasteiger partial charge is 0.0583 e. The lowest BCUT2D eigenvalue weighted by atomic mass is 9.91. The Balaban J connectivity index is 1.90. The molecule has 0 amide bonds. The highest BCUT2D eigenvalue weighted by Crippen LogP contribution is 2.28. The van der Waals surface area contributed by atoms with Gasteiger partial charge >= 0.3 is 0 Å². The van der Waals surface area contributed by atoms with Crippen molar-refractivity contribution in [3.63, 3.8) is 0 Å². The molecule has 1 aliphatic rings. The van der Waals surface area contributed by atoms with E-state index in [1.54, 1.807) is 0 Å². The highest BCUT2D eigenvalue weighted by molar-refractivity contribution is 9.10. The molecule has 2 aromatic carbocycles. The Hall–Kier alpha value is -1.32. The van der Waals surface area contributed by atoms with Crippen LogP contribution in [-0.4, -0.2) is 19.6 Å². The Morgan fingerprint density at radius 3 is 2.67 bits per heavy atom. The van der Waals surface area contributed by atoms with Gasteiger partial charge in [0.25, 0.3) is 0 Å². The van der Waals surface area contributed by atoms with Crippen LogP contribution in [0.15, 0.2) is 59.1 Å². The van der Waals surface area contributed by atoms with Crippen LogP contribution in [-0.2, 0) is 5.54 Å². The molecular weight excluding hydrogens is 324 g/mol. The average Bonchev–Trinajstić information content (AvgIpc) is 2.71. The molecule has 1 N–H and O–H groups in total. The maximum absolute atomic E-state index is 3.74. The molecule has 0 aromatic heterocycles. The molecule has 1 aliphatic heterocycles. The number of anilines is 1. The van der Waals surface area contributed by atoms with E-state index in [0.29, 0.717) is 0 Å². The zero-order valence-corrected chi connectivity index (χ0v) is 13.9. The molecule has 0 spiro atoms. The van der Waals surface area contributed by atoms with E-state index in [4.69, 9.17) is 0 Å². The van der Waals surface area contributed by atoms with Crippen molar-refractivity contribution in [2.75, 3.05) is 24.5 Å². The van der Waals surface area contributed by atoms with Crippen LogP contribution in [0, 0.1) is 0 Å². The molecule has 0 radical (unpaired) electrons. The van der Waals surface area contributed by atoms with E-state index >= 15 is 0 Å². The maximum Gasteiger partial charge on any atom is 0.0583 e. The molecule has 21 heavy (non-hydrogen) atoms. The van der Waals surface area contributed by atoms with Crippen molar-refractivity contribution in [2.45, 2.75) is 18.9 Å². The standard InChI is InChI=1S/C18H21BrN2/c1-18(15-7-3-2-4-8-15)14-21(12-6-11-20-18)17-10-5-9-16(19)13-17/h2-5,7-10,13,20H,6,11-12,14H2,1H3. The summed E-state index contributed by atoms with van der Waals surface area (Å²) in [5, 5.41) is 3.74. The first-order chi connectivity index (χ1) is 10.2. The quantitative estimate of drug-likeness (QED) is 0.879. The van der Waals surface area contributed by atoms with Crippen molar-refractivity contribution in [3.05, 3.63) is 64.6 Å². The predicted octanol–water partition coefficient (Wildman–Crippen LogP) is 4.16. The van der Waals surface area contributed by atoms with Gasteiger partial charge in [0.1, 0.15) is 0 Å². The highest BCUT2D eigenvalue weighted by atomic mass is 79.9. The molecule has 0 aliphatic carbocycles. The molecule has 3 rings (SSSR count). The zero-order valence-electron chi connectivity index (χ0n) is 12.3. The van der Waals surface area contributed by atoms with E-state index in [-0.39, 0.29) is 5.54 Å². The average molecular weight is 345 g/mol. The number of rotatable bonds is 2. The third kappa shape index (κ3) is 3.30. The van der Waals surface area contributed by atoms with E-state index in [9.17, 15) is 0 Å². The lowest BCUT2D eigenvalue weighted by molar-refractivity contribution is 0.392. The summed E-state index contributed by atoms with van der Waals surface area (Å²) in [7, 11) is 0. The summed E-state index contributed by atoms with van der Waals surface area (Å²) < 4.78 is 1.14. The van der Waals surface area contributed by atoms with E-state index in [1.807, 2.05) is 0 Å². The first kappa shape index (κ1) is 14.6. The lowest BCUT2D eigenvalue weighted by Crippen LogP contribution is -2.46. The molecule has 0 bridgehead atoms. The van der Waals surface area contributed by atoms with Crippen LogP contribution in [0.25, 0.3) is 0 Å². The largest absolute Gasteiger partial charge is 0.369 e. The van der Waals surface area contributed by atoms with Crippen molar-refractivity contribution >= 4 is 21.6 Å². The fraction of sp³-hybridized carbons (Fsp3) is 0.333. The SMILES string of the molecule is CC1(c2ccccc2)CN(c2cccc(Br)c2)CCCN1. The minimum atomic E-state index is -0.0138. The van der Waals surface area contributed by atoms with E-state index in [0.717, 1.165) is 30.5 Å². The Labute approximate surface area is 135 Å². The van der Waals surface area contributed by atoms with Gasteiger partial charge in [-0.25, -0.2) is 0 Å². The Morgan fingerprint density at radius 1 is 1.10 bits per heavy atom. The van der Waals surface area contributed by atoms with Gasteiger partial charge in [-0.1, -0.05) is 52.3 Å².